The van der Waals surface area contributed by atoms with Crippen LogP contribution in [-0.4, -0.2) is 0 Å². The molecule has 0 saturated carbocycles. The van der Waals surface area contributed by atoms with Crippen molar-refractivity contribution in [2.45, 2.75) is 6.42 Å². The summed E-state index contributed by atoms with van der Waals surface area (Å²) in [4.78, 5) is 0. The van der Waals surface area contributed by atoms with Crippen molar-refractivity contribution in [1.29, 1.82) is 0 Å². The summed E-state index contributed by atoms with van der Waals surface area (Å²) in [7, 11) is 0. The van der Waals surface area contributed by atoms with E-state index in [1.54, 1.807) is 0 Å². The molecule has 1 heteroatoms. The normalized spacial score (nSPS) is 10.5. The van der Waals surface area contributed by atoms with Crippen LogP contribution in [0.3, 0.4) is 0 Å². The summed E-state index contributed by atoms with van der Waals surface area (Å²) in [6.45, 7) is 0. The smallest absolute Gasteiger partial charge is 0.214 e. The predicted molar refractivity (Wildman–Crippen MR) is 67.0 cm³/mol. The first-order chi connectivity index (χ1) is 7.50. The minimum atomic E-state index is 0. The van der Waals surface area contributed by atoms with Crippen molar-refractivity contribution in [3.63, 3.8) is 0 Å². The maximum Gasteiger partial charge on any atom is 2.00 e. The molecule has 0 spiro atoms. The summed E-state index contributed by atoms with van der Waals surface area (Å²) in [5.74, 6) is 0. The van der Waals surface area contributed by atoms with Gasteiger partial charge in [0, 0.05) is 0 Å². The number of rotatable bonds is 0. The van der Waals surface area contributed by atoms with Crippen molar-refractivity contribution in [2.75, 3.05) is 0 Å². The third-order valence-electron chi connectivity index (χ3n) is 1.77. The third-order valence-corrected chi connectivity index (χ3v) is 1.77. The third kappa shape index (κ3) is 9.26. The molecule has 0 heterocycles. The molecule has 1 aliphatic rings. The second kappa shape index (κ2) is 11.8. The first kappa shape index (κ1) is 14.7. The molecule has 0 nitrogen and oxygen atoms in total. The molecule has 0 aromatic heterocycles. The Bertz CT molecular complexity index is 268. The van der Waals surface area contributed by atoms with Gasteiger partial charge in [-0.05, 0) is 6.42 Å². The molecule has 0 bridgehead atoms. The number of allylic oxidation sites excluding steroid dienone is 4. The van der Waals surface area contributed by atoms with Crippen molar-refractivity contribution >= 4 is 0 Å². The maximum atomic E-state index is 2.12. The first-order valence-corrected chi connectivity index (χ1v) is 5.15. The fourth-order valence-corrected chi connectivity index (χ4v) is 1.03. The summed E-state index contributed by atoms with van der Waals surface area (Å²) in [6, 6.07) is 20.0. The van der Waals surface area contributed by atoms with Crippen LogP contribution < -0.4 is 0 Å². The van der Waals surface area contributed by atoms with Gasteiger partial charge >= 0.3 is 17.1 Å². The van der Waals surface area contributed by atoms with Gasteiger partial charge < -0.3 is 0 Å². The minimum absolute atomic E-state index is 0. The molecule has 0 radical (unpaired) electrons. The van der Waals surface area contributed by atoms with E-state index in [4.69, 9.17) is 0 Å². The molecule has 0 aliphatic heterocycles. The van der Waals surface area contributed by atoms with E-state index in [9.17, 15) is 0 Å². The van der Waals surface area contributed by atoms with Crippen LogP contribution in [0.25, 0.3) is 0 Å². The van der Waals surface area contributed by atoms with Crippen LogP contribution in [0.15, 0.2) is 85.0 Å². The number of hydrogen-bond donors (Lipinski definition) is 0. The van der Waals surface area contributed by atoms with Crippen molar-refractivity contribution in [2.24, 2.45) is 0 Å². The molecule has 0 atom stereocenters. The summed E-state index contributed by atoms with van der Waals surface area (Å²) in [6.07, 6.45) is 9.50. The summed E-state index contributed by atoms with van der Waals surface area (Å²) in [5.41, 5.74) is 0. The van der Waals surface area contributed by atoms with Gasteiger partial charge in [-0.25, -0.2) is 24.3 Å². The average Bonchev–Trinajstić information content (AvgIpc) is 3.09. The van der Waals surface area contributed by atoms with Gasteiger partial charge in [0.05, 0.1) is 0 Å². The monoisotopic (exact) mass is 252 g/mol. The molecule has 0 amide bonds. The Balaban J connectivity index is 0.000000205. The Morgan fingerprint density at radius 3 is 1.12 bits per heavy atom. The van der Waals surface area contributed by atoms with E-state index in [0.717, 1.165) is 6.42 Å². The maximum absolute atomic E-state index is 2.12. The van der Waals surface area contributed by atoms with Crippen LogP contribution in [0.4, 0.5) is 0 Å². The fraction of sp³-hybridized carbons (Fsp3) is 0.0667. The molecule has 0 saturated heterocycles. The molecule has 2 aromatic carbocycles. The van der Waals surface area contributed by atoms with Crippen LogP contribution in [0.2, 0.25) is 0 Å². The zero-order chi connectivity index (χ0) is 10.6. The Morgan fingerprint density at radius 2 is 1.00 bits per heavy atom. The Hall–Kier alpha value is -1.30. The van der Waals surface area contributed by atoms with Gasteiger partial charge in [-0.3, -0.25) is 0 Å². The van der Waals surface area contributed by atoms with Gasteiger partial charge in [-0.2, -0.15) is 36.4 Å². The molecule has 84 valence electrons. The van der Waals surface area contributed by atoms with Gasteiger partial charge in [-0.15, -0.1) is 0 Å². The van der Waals surface area contributed by atoms with Crippen LogP contribution in [0.1, 0.15) is 6.42 Å². The quantitative estimate of drug-likeness (QED) is 0.484. The molecular weight excluding hydrogens is 236 g/mol. The minimum Gasteiger partial charge on any atom is -0.214 e. The second-order valence-electron chi connectivity index (χ2n) is 3.02. The Morgan fingerprint density at radius 1 is 0.625 bits per heavy atom. The predicted octanol–water partition coefficient (Wildman–Crippen LogP) is 4.31. The van der Waals surface area contributed by atoms with Crippen molar-refractivity contribution in [3.8, 4) is 0 Å². The SMILES string of the molecule is C1=CCC=C1.[Fe+2].c1cc[cH-]c1.c1cc[cH-]c1. The van der Waals surface area contributed by atoms with Gasteiger partial charge in [-0.1, -0.05) is 24.3 Å². The molecule has 2 aromatic rings. The van der Waals surface area contributed by atoms with E-state index in [1.807, 2.05) is 60.7 Å². The number of hydrogen-bond acceptors (Lipinski definition) is 0. The van der Waals surface area contributed by atoms with Gasteiger partial charge in [0.15, 0.2) is 0 Å². The molecule has 1 aliphatic carbocycles. The summed E-state index contributed by atoms with van der Waals surface area (Å²) >= 11 is 0. The zero-order valence-corrected chi connectivity index (χ0v) is 10.2. The largest absolute Gasteiger partial charge is 2.00 e. The van der Waals surface area contributed by atoms with Crippen LogP contribution in [-0.2, 0) is 17.1 Å². The van der Waals surface area contributed by atoms with Crippen LogP contribution in [0.5, 0.6) is 0 Å². The standard InChI is InChI=1S/C5H6.2C5H5.Fe/c3*1-2-4-5-3-1;/h1-4H,5H2;2*1-5H;/q;2*-1;+2. The first-order valence-electron chi connectivity index (χ1n) is 5.15. The van der Waals surface area contributed by atoms with E-state index in [-0.39, 0.29) is 17.1 Å². The molecule has 0 unspecified atom stereocenters. The van der Waals surface area contributed by atoms with E-state index in [1.165, 1.54) is 0 Å². The van der Waals surface area contributed by atoms with E-state index >= 15 is 0 Å². The van der Waals surface area contributed by atoms with E-state index in [0.29, 0.717) is 0 Å². The van der Waals surface area contributed by atoms with E-state index < -0.39 is 0 Å². The van der Waals surface area contributed by atoms with Gasteiger partial charge in [0.25, 0.3) is 0 Å². The van der Waals surface area contributed by atoms with Gasteiger partial charge in [0.2, 0.25) is 0 Å². The van der Waals surface area contributed by atoms with Crippen LogP contribution in [0, 0.1) is 0 Å². The Labute approximate surface area is 109 Å². The molecule has 16 heavy (non-hydrogen) atoms. The summed E-state index contributed by atoms with van der Waals surface area (Å²) < 4.78 is 0. The molecule has 0 N–H and O–H groups in total. The van der Waals surface area contributed by atoms with E-state index in [2.05, 4.69) is 24.3 Å². The average molecular weight is 252 g/mol. The second-order valence-corrected chi connectivity index (χ2v) is 3.02. The van der Waals surface area contributed by atoms with Crippen molar-refractivity contribution in [1.82, 2.24) is 0 Å². The van der Waals surface area contributed by atoms with Crippen molar-refractivity contribution in [3.05, 3.63) is 85.0 Å². The molecule has 3 rings (SSSR count). The summed E-state index contributed by atoms with van der Waals surface area (Å²) in [5, 5.41) is 0. The molecular formula is C15H16Fe. The van der Waals surface area contributed by atoms with Crippen LogP contribution >= 0.6 is 0 Å². The Kier molecular flexibility index (Phi) is 10.8. The van der Waals surface area contributed by atoms with Gasteiger partial charge in [0.1, 0.15) is 0 Å². The fourth-order valence-electron chi connectivity index (χ4n) is 1.03. The topological polar surface area (TPSA) is 0 Å². The van der Waals surface area contributed by atoms with Crippen molar-refractivity contribution < 1.29 is 17.1 Å². The zero-order valence-electron chi connectivity index (χ0n) is 9.14. The molecule has 0 fully saturated rings.